The Balaban J connectivity index is 1.56. The molecule has 1 aliphatic rings. The van der Waals surface area contributed by atoms with Crippen LogP contribution in [0.3, 0.4) is 0 Å². The molecule has 1 aromatic carbocycles. The molecule has 1 amide bonds. The molecule has 0 atom stereocenters. The van der Waals surface area contributed by atoms with Gasteiger partial charge in [-0.15, -0.1) is 0 Å². The molecule has 0 unspecified atom stereocenters. The van der Waals surface area contributed by atoms with Crippen molar-refractivity contribution in [1.82, 2.24) is 14.5 Å². The summed E-state index contributed by atoms with van der Waals surface area (Å²) in [6.45, 7) is 7.00. The molecule has 0 bridgehead atoms. The molecule has 1 aliphatic heterocycles. The molecule has 2 aromatic heterocycles. The van der Waals surface area contributed by atoms with E-state index in [1.54, 1.807) is 12.3 Å². The summed E-state index contributed by atoms with van der Waals surface area (Å²) >= 11 is 0. The third kappa shape index (κ3) is 3.03. The minimum Gasteiger partial charge on any atom is -0.357 e. The summed E-state index contributed by atoms with van der Waals surface area (Å²) in [6.07, 6.45) is 4.07. The van der Waals surface area contributed by atoms with Gasteiger partial charge in [-0.25, -0.2) is 9.97 Å². The predicted octanol–water partition coefficient (Wildman–Crippen LogP) is 3.61. The van der Waals surface area contributed by atoms with E-state index in [9.17, 15) is 4.79 Å². The van der Waals surface area contributed by atoms with Crippen LogP contribution in [0.25, 0.3) is 11.0 Å². The van der Waals surface area contributed by atoms with Gasteiger partial charge >= 0.3 is 0 Å². The summed E-state index contributed by atoms with van der Waals surface area (Å²) in [5.41, 5.74) is 3.36. The molecule has 3 heterocycles. The van der Waals surface area contributed by atoms with E-state index in [4.69, 9.17) is 0 Å². The van der Waals surface area contributed by atoms with E-state index in [0.29, 0.717) is 5.56 Å². The van der Waals surface area contributed by atoms with Crippen LogP contribution < -0.4 is 10.2 Å². The lowest BCUT2D eigenvalue weighted by Crippen LogP contribution is -2.20. The summed E-state index contributed by atoms with van der Waals surface area (Å²) < 4.78 is 2.16. The number of pyridine rings is 1. The van der Waals surface area contributed by atoms with E-state index in [2.05, 4.69) is 31.7 Å². The van der Waals surface area contributed by atoms with E-state index in [0.717, 1.165) is 48.0 Å². The van der Waals surface area contributed by atoms with Crippen molar-refractivity contribution < 1.29 is 4.79 Å². The van der Waals surface area contributed by atoms with E-state index in [-0.39, 0.29) is 5.91 Å². The molecule has 1 fully saturated rings. The summed E-state index contributed by atoms with van der Waals surface area (Å²) in [4.78, 5) is 23.9. The highest BCUT2D eigenvalue weighted by atomic mass is 16.1. The van der Waals surface area contributed by atoms with Crippen molar-refractivity contribution in [3.05, 3.63) is 47.9 Å². The number of nitrogens with zero attached hydrogens (tertiary/aromatic N) is 4. The van der Waals surface area contributed by atoms with Crippen molar-refractivity contribution in [1.29, 1.82) is 0 Å². The van der Waals surface area contributed by atoms with Gasteiger partial charge < -0.3 is 14.8 Å². The van der Waals surface area contributed by atoms with Crippen LogP contribution in [0.5, 0.6) is 0 Å². The van der Waals surface area contributed by atoms with Crippen LogP contribution in [-0.2, 0) is 6.54 Å². The van der Waals surface area contributed by atoms with E-state index < -0.39 is 0 Å². The Hall–Kier alpha value is -2.89. The number of aryl methyl sites for hydroxylation is 2. The first kappa shape index (κ1) is 16.6. The van der Waals surface area contributed by atoms with Crippen LogP contribution in [0.4, 0.5) is 11.5 Å². The first-order valence-electron chi connectivity index (χ1n) is 9.15. The molecule has 1 N–H and O–H groups in total. The van der Waals surface area contributed by atoms with Crippen LogP contribution in [0, 0.1) is 6.92 Å². The number of nitrogens with one attached hydrogen (secondary N) is 1. The van der Waals surface area contributed by atoms with Crippen molar-refractivity contribution in [3.63, 3.8) is 0 Å². The molecule has 1 saturated heterocycles. The standard InChI is InChI=1S/C20H23N5O/c1-3-25-14(2)22-17-13-16(6-7-18(17)25)23-20(26)15-8-9-21-19(12-15)24-10-4-5-11-24/h6-9,12-13H,3-5,10-11H2,1-2H3,(H,23,26). The highest BCUT2D eigenvalue weighted by Crippen LogP contribution is 2.22. The molecular formula is C20H23N5O. The number of hydrogen-bond acceptors (Lipinski definition) is 4. The Bertz CT molecular complexity index is 956. The number of hydrogen-bond donors (Lipinski definition) is 1. The van der Waals surface area contributed by atoms with Gasteiger partial charge in [0, 0.05) is 37.1 Å². The third-order valence-electron chi connectivity index (χ3n) is 4.95. The molecular weight excluding hydrogens is 326 g/mol. The lowest BCUT2D eigenvalue weighted by atomic mass is 10.2. The number of aromatic nitrogens is 3. The Morgan fingerprint density at radius 3 is 2.77 bits per heavy atom. The number of amides is 1. The Morgan fingerprint density at radius 1 is 1.19 bits per heavy atom. The van der Waals surface area contributed by atoms with Gasteiger partial charge in [-0.3, -0.25) is 4.79 Å². The lowest BCUT2D eigenvalue weighted by Gasteiger charge is -2.16. The van der Waals surface area contributed by atoms with Crippen molar-refractivity contribution in [3.8, 4) is 0 Å². The van der Waals surface area contributed by atoms with E-state index >= 15 is 0 Å². The summed E-state index contributed by atoms with van der Waals surface area (Å²) in [6, 6.07) is 9.49. The number of anilines is 2. The molecule has 0 saturated carbocycles. The van der Waals surface area contributed by atoms with Crippen molar-refractivity contribution >= 4 is 28.4 Å². The minimum absolute atomic E-state index is 0.126. The third-order valence-corrected chi connectivity index (χ3v) is 4.95. The monoisotopic (exact) mass is 349 g/mol. The second-order valence-electron chi connectivity index (χ2n) is 6.66. The number of imidazole rings is 1. The highest BCUT2D eigenvalue weighted by molar-refractivity contribution is 6.05. The number of fused-ring (bicyclic) bond motifs is 1. The number of rotatable bonds is 4. The van der Waals surface area contributed by atoms with Crippen LogP contribution in [0.1, 0.15) is 35.9 Å². The quantitative estimate of drug-likeness (QED) is 0.781. The molecule has 6 nitrogen and oxygen atoms in total. The maximum atomic E-state index is 12.7. The minimum atomic E-state index is -0.126. The summed E-state index contributed by atoms with van der Waals surface area (Å²) in [5.74, 6) is 1.73. The molecule has 0 spiro atoms. The fraction of sp³-hybridized carbons (Fsp3) is 0.350. The summed E-state index contributed by atoms with van der Waals surface area (Å²) in [5, 5.41) is 2.98. The zero-order valence-corrected chi connectivity index (χ0v) is 15.2. The smallest absolute Gasteiger partial charge is 0.255 e. The van der Waals surface area contributed by atoms with Crippen molar-refractivity contribution in [2.75, 3.05) is 23.3 Å². The number of carbonyl (C=O) groups is 1. The SMILES string of the molecule is CCn1c(C)nc2cc(NC(=O)c3ccnc(N4CCCC4)c3)ccc21. The van der Waals surface area contributed by atoms with Crippen LogP contribution in [-0.4, -0.2) is 33.5 Å². The van der Waals surface area contributed by atoms with Gasteiger partial charge in [-0.2, -0.15) is 0 Å². The van der Waals surface area contributed by atoms with Gasteiger partial charge in [-0.1, -0.05) is 0 Å². The van der Waals surface area contributed by atoms with Gasteiger partial charge in [-0.05, 0) is 57.0 Å². The molecule has 4 rings (SSSR count). The zero-order valence-electron chi connectivity index (χ0n) is 15.2. The van der Waals surface area contributed by atoms with Gasteiger partial charge in [0.25, 0.3) is 5.91 Å². The van der Waals surface area contributed by atoms with Gasteiger partial charge in [0.05, 0.1) is 11.0 Å². The average Bonchev–Trinajstić information content (AvgIpc) is 3.28. The first-order chi connectivity index (χ1) is 12.7. The largest absolute Gasteiger partial charge is 0.357 e. The van der Waals surface area contributed by atoms with Crippen LogP contribution in [0.2, 0.25) is 0 Å². The Kier molecular flexibility index (Phi) is 4.32. The fourth-order valence-electron chi connectivity index (χ4n) is 3.61. The maximum absolute atomic E-state index is 12.7. The lowest BCUT2D eigenvalue weighted by molar-refractivity contribution is 0.102. The molecule has 3 aromatic rings. The number of carbonyl (C=O) groups excluding carboxylic acids is 1. The van der Waals surface area contributed by atoms with Gasteiger partial charge in [0.15, 0.2) is 0 Å². The zero-order chi connectivity index (χ0) is 18.1. The molecule has 26 heavy (non-hydrogen) atoms. The fourth-order valence-corrected chi connectivity index (χ4v) is 3.61. The van der Waals surface area contributed by atoms with Crippen molar-refractivity contribution in [2.45, 2.75) is 33.2 Å². The maximum Gasteiger partial charge on any atom is 0.255 e. The highest BCUT2D eigenvalue weighted by Gasteiger charge is 2.16. The Labute approximate surface area is 152 Å². The molecule has 0 radical (unpaired) electrons. The second-order valence-corrected chi connectivity index (χ2v) is 6.66. The molecule has 0 aliphatic carbocycles. The van der Waals surface area contributed by atoms with E-state index in [1.165, 1.54) is 12.8 Å². The molecule has 6 heteroatoms. The normalized spacial score (nSPS) is 14.2. The van der Waals surface area contributed by atoms with E-state index in [1.807, 2.05) is 31.2 Å². The van der Waals surface area contributed by atoms with Crippen LogP contribution >= 0.6 is 0 Å². The average molecular weight is 349 g/mol. The van der Waals surface area contributed by atoms with Gasteiger partial charge in [0.1, 0.15) is 11.6 Å². The van der Waals surface area contributed by atoms with Crippen LogP contribution in [0.15, 0.2) is 36.5 Å². The van der Waals surface area contributed by atoms with Gasteiger partial charge in [0.2, 0.25) is 0 Å². The second kappa shape index (κ2) is 6.78. The molecule has 134 valence electrons. The number of benzene rings is 1. The topological polar surface area (TPSA) is 63.1 Å². The first-order valence-corrected chi connectivity index (χ1v) is 9.15. The van der Waals surface area contributed by atoms with Crippen molar-refractivity contribution in [2.24, 2.45) is 0 Å². The summed E-state index contributed by atoms with van der Waals surface area (Å²) in [7, 11) is 0. The Morgan fingerprint density at radius 2 is 2.00 bits per heavy atom. The predicted molar refractivity (Wildman–Crippen MR) is 104 cm³/mol.